The smallest absolute Gasteiger partial charge is 0.163 e. The summed E-state index contributed by atoms with van der Waals surface area (Å²) in [6.07, 6.45) is 2.47. The summed E-state index contributed by atoms with van der Waals surface area (Å²) >= 11 is 0. The molecule has 0 unspecified atom stereocenters. The van der Waals surface area contributed by atoms with Crippen LogP contribution >= 0.6 is 0 Å². The van der Waals surface area contributed by atoms with E-state index in [0.29, 0.717) is 36.3 Å². The van der Waals surface area contributed by atoms with Gasteiger partial charge in [0.25, 0.3) is 0 Å². The van der Waals surface area contributed by atoms with Gasteiger partial charge in [0.05, 0.1) is 0 Å². The Morgan fingerprint density at radius 1 is 0.889 bits per heavy atom. The molecule has 0 spiro atoms. The molecule has 4 N–H and O–H groups in total. The first kappa shape index (κ1) is 17.0. The van der Waals surface area contributed by atoms with E-state index < -0.39 is 0 Å². The van der Waals surface area contributed by atoms with Gasteiger partial charge < -0.3 is 25.8 Å². The predicted octanol–water partition coefficient (Wildman–Crippen LogP) is 3.88. The van der Waals surface area contributed by atoms with Gasteiger partial charge in [-0.15, -0.1) is 0 Å². The molecule has 4 rings (SSSR count). The number of ether oxygens (including phenoxy) is 2. The number of benzene rings is 2. The van der Waals surface area contributed by atoms with Gasteiger partial charge in [-0.3, -0.25) is 0 Å². The molecule has 0 aliphatic carbocycles. The van der Waals surface area contributed by atoms with E-state index in [2.05, 4.69) is 39.7 Å². The molecule has 1 aromatic heterocycles. The highest BCUT2D eigenvalue weighted by Crippen LogP contribution is 2.35. The van der Waals surface area contributed by atoms with Gasteiger partial charge in [0, 0.05) is 17.4 Å². The minimum absolute atomic E-state index is 0.437. The van der Waals surface area contributed by atoms with Crippen molar-refractivity contribution in [2.24, 2.45) is 0 Å². The van der Waals surface area contributed by atoms with E-state index in [1.54, 1.807) is 0 Å². The quantitative estimate of drug-likeness (QED) is 0.633. The normalized spacial score (nSPS) is 12.5. The lowest BCUT2D eigenvalue weighted by Crippen LogP contribution is -2.15. The van der Waals surface area contributed by atoms with Gasteiger partial charge in [-0.1, -0.05) is 19.1 Å². The Morgan fingerprint density at radius 2 is 1.52 bits per heavy atom. The number of aryl methyl sites for hydroxylation is 1. The summed E-state index contributed by atoms with van der Waals surface area (Å²) in [6, 6.07) is 13.8. The van der Waals surface area contributed by atoms with Crippen molar-refractivity contribution < 1.29 is 9.47 Å². The number of nitrogens with two attached hydrogens (primary N) is 1. The largest absolute Gasteiger partial charge is 0.486 e. The number of aromatic nitrogens is 2. The Hall–Kier alpha value is -3.48. The molecule has 27 heavy (non-hydrogen) atoms. The molecule has 0 atom stereocenters. The van der Waals surface area contributed by atoms with E-state index >= 15 is 0 Å². The number of nitrogens with one attached hydrogen (secondary N) is 2. The number of hydrogen-bond acceptors (Lipinski definition) is 7. The molecule has 1 aliphatic heterocycles. The summed E-state index contributed by atoms with van der Waals surface area (Å²) in [6.45, 7) is 3.23. The highest BCUT2D eigenvalue weighted by atomic mass is 16.6. The molecule has 3 aromatic rings. The van der Waals surface area contributed by atoms with Crippen LogP contribution in [0, 0.1) is 0 Å². The molecule has 138 valence electrons. The van der Waals surface area contributed by atoms with Crippen molar-refractivity contribution in [1.29, 1.82) is 0 Å². The van der Waals surface area contributed by atoms with E-state index in [1.807, 2.05) is 30.3 Å². The lowest BCUT2D eigenvalue weighted by Gasteiger charge is -2.19. The summed E-state index contributed by atoms with van der Waals surface area (Å²) in [7, 11) is 0. The van der Waals surface area contributed by atoms with Gasteiger partial charge in [0.2, 0.25) is 0 Å². The van der Waals surface area contributed by atoms with Crippen LogP contribution in [-0.2, 0) is 6.42 Å². The van der Waals surface area contributed by atoms with E-state index in [4.69, 9.17) is 15.2 Å². The summed E-state index contributed by atoms with van der Waals surface area (Å²) in [5.41, 5.74) is 9.71. The molecule has 1 aliphatic rings. The van der Waals surface area contributed by atoms with Crippen molar-refractivity contribution in [3.8, 4) is 11.5 Å². The summed E-state index contributed by atoms with van der Waals surface area (Å²) in [4.78, 5) is 8.51. The summed E-state index contributed by atoms with van der Waals surface area (Å²) in [5.74, 6) is 2.51. The van der Waals surface area contributed by atoms with Gasteiger partial charge >= 0.3 is 0 Å². The van der Waals surface area contributed by atoms with Gasteiger partial charge in [-0.05, 0) is 36.2 Å². The van der Waals surface area contributed by atoms with Crippen molar-refractivity contribution in [3.63, 3.8) is 0 Å². The number of hydrogen-bond donors (Lipinski definition) is 3. The fraction of sp³-hybridized carbons (Fsp3) is 0.200. The Kier molecular flexibility index (Phi) is 4.65. The van der Waals surface area contributed by atoms with E-state index in [1.165, 1.54) is 11.9 Å². The first-order valence-electron chi connectivity index (χ1n) is 8.86. The van der Waals surface area contributed by atoms with E-state index in [-0.39, 0.29) is 0 Å². The molecule has 0 radical (unpaired) electrons. The lowest BCUT2D eigenvalue weighted by atomic mass is 10.1. The van der Waals surface area contributed by atoms with Gasteiger partial charge in [-0.2, -0.15) is 0 Å². The minimum Gasteiger partial charge on any atom is -0.486 e. The molecule has 0 amide bonds. The highest BCUT2D eigenvalue weighted by molar-refractivity contribution is 5.80. The summed E-state index contributed by atoms with van der Waals surface area (Å²) in [5, 5.41) is 6.45. The monoisotopic (exact) mass is 363 g/mol. The first-order valence-corrected chi connectivity index (χ1v) is 8.86. The minimum atomic E-state index is 0.437. The van der Waals surface area contributed by atoms with Crippen LogP contribution in [0.4, 0.5) is 28.7 Å². The molecule has 7 nitrogen and oxygen atoms in total. The van der Waals surface area contributed by atoms with Gasteiger partial charge in [0.15, 0.2) is 23.1 Å². The third-order valence-corrected chi connectivity index (χ3v) is 4.31. The number of nitrogen functional groups attached to an aromatic ring is 1. The zero-order chi connectivity index (χ0) is 18.6. The predicted molar refractivity (Wildman–Crippen MR) is 106 cm³/mol. The van der Waals surface area contributed by atoms with E-state index in [9.17, 15) is 0 Å². The number of nitrogens with zero attached hydrogens (tertiary/aromatic N) is 2. The van der Waals surface area contributed by atoms with Crippen LogP contribution in [0.15, 0.2) is 48.8 Å². The Balaban J connectivity index is 1.54. The maximum absolute atomic E-state index is 6.27. The van der Waals surface area contributed by atoms with Crippen molar-refractivity contribution >= 4 is 28.7 Å². The highest BCUT2D eigenvalue weighted by Gasteiger charge is 2.13. The van der Waals surface area contributed by atoms with Crippen LogP contribution < -0.4 is 25.8 Å². The average Bonchev–Trinajstić information content (AvgIpc) is 2.71. The van der Waals surface area contributed by atoms with E-state index in [0.717, 1.165) is 23.5 Å². The molecular weight excluding hydrogens is 342 g/mol. The average molecular weight is 363 g/mol. The second-order valence-electron chi connectivity index (χ2n) is 6.14. The number of rotatable bonds is 5. The topological polar surface area (TPSA) is 94.3 Å². The Bertz CT molecular complexity index is 944. The van der Waals surface area contributed by atoms with Crippen molar-refractivity contribution in [2.45, 2.75) is 13.3 Å². The standard InChI is InChI=1S/C20H21N5O2/c1-2-13-3-5-14(6-4-13)24-19-18(21)20(23-12-22-19)25-15-7-8-16-17(11-15)27-10-9-26-16/h3-8,11-12H,2,9-10,21H2,1H3,(H2,22,23,24,25). The zero-order valence-corrected chi connectivity index (χ0v) is 15.0. The molecule has 2 heterocycles. The van der Waals surface area contributed by atoms with Crippen LogP contribution in [-0.4, -0.2) is 23.2 Å². The molecule has 7 heteroatoms. The molecule has 0 fully saturated rings. The van der Waals surface area contributed by atoms with Gasteiger partial charge in [0.1, 0.15) is 25.2 Å². The third kappa shape index (κ3) is 3.72. The number of fused-ring (bicyclic) bond motifs is 1. The van der Waals surface area contributed by atoms with Crippen LogP contribution in [0.5, 0.6) is 11.5 Å². The van der Waals surface area contributed by atoms with Crippen LogP contribution in [0.2, 0.25) is 0 Å². The fourth-order valence-corrected chi connectivity index (χ4v) is 2.81. The van der Waals surface area contributed by atoms with Gasteiger partial charge in [-0.25, -0.2) is 9.97 Å². The van der Waals surface area contributed by atoms with Crippen molar-refractivity contribution in [1.82, 2.24) is 9.97 Å². The zero-order valence-electron chi connectivity index (χ0n) is 15.0. The second-order valence-corrected chi connectivity index (χ2v) is 6.14. The fourth-order valence-electron chi connectivity index (χ4n) is 2.81. The molecule has 2 aromatic carbocycles. The van der Waals surface area contributed by atoms with Crippen molar-refractivity contribution in [2.75, 3.05) is 29.6 Å². The van der Waals surface area contributed by atoms with Crippen LogP contribution in [0.25, 0.3) is 0 Å². The second kappa shape index (κ2) is 7.41. The first-order chi connectivity index (χ1) is 13.2. The van der Waals surface area contributed by atoms with Crippen molar-refractivity contribution in [3.05, 3.63) is 54.4 Å². The maximum Gasteiger partial charge on any atom is 0.163 e. The molecular formula is C20H21N5O2. The lowest BCUT2D eigenvalue weighted by molar-refractivity contribution is 0.171. The Labute approximate surface area is 157 Å². The Morgan fingerprint density at radius 3 is 2.22 bits per heavy atom. The maximum atomic E-state index is 6.27. The third-order valence-electron chi connectivity index (χ3n) is 4.31. The molecule has 0 saturated carbocycles. The molecule has 0 saturated heterocycles. The summed E-state index contributed by atoms with van der Waals surface area (Å²) < 4.78 is 11.2. The SMILES string of the molecule is CCc1ccc(Nc2ncnc(Nc3ccc4c(c3)OCCO4)c2N)cc1. The van der Waals surface area contributed by atoms with Crippen LogP contribution in [0.3, 0.4) is 0 Å². The molecule has 0 bridgehead atoms. The number of anilines is 5. The van der Waals surface area contributed by atoms with Crippen LogP contribution in [0.1, 0.15) is 12.5 Å².